The van der Waals surface area contributed by atoms with Crippen LogP contribution in [-0.4, -0.2) is 37.6 Å². The van der Waals surface area contributed by atoms with Crippen molar-refractivity contribution in [1.82, 2.24) is 9.55 Å². The second kappa shape index (κ2) is 9.99. The van der Waals surface area contributed by atoms with E-state index in [1.165, 1.54) is 21.6 Å². The van der Waals surface area contributed by atoms with E-state index in [-0.39, 0.29) is 23.1 Å². The lowest BCUT2D eigenvalue weighted by Gasteiger charge is -2.30. The predicted molar refractivity (Wildman–Crippen MR) is 148 cm³/mol. The summed E-state index contributed by atoms with van der Waals surface area (Å²) in [5, 5.41) is 12.4. The molecule has 2 aromatic heterocycles. The number of amides is 3. The van der Waals surface area contributed by atoms with Gasteiger partial charge in [0.2, 0.25) is 17.7 Å². The number of imide groups is 1. The van der Waals surface area contributed by atoms with Gasteiger partial charge in [-0.3, -0.25) is 28.7 Å². The summed E-state index contributed by atoms with van der Waals surface area (Å²) in [5.41, 5.74) is 1.59. The number of fused-ring (bicyclic) bond motifs is 2. The van der Waals surface area contributed by atoms with E-state index < -0.39 is 28.9 Å². The highest BCUT2D eigenvalue weighted by Gasteiger charge is 2.56. The molecule has 2 aliphatic heterocycles. The molecule has 6 rings (SSSR count). The van der Waals surface area contributed by atoms with Crippen LogP contribution in [0.4, 0.5) is 11.4 Å². The Morgan fingerprint density at radius 1 is 1.03 bits per heavy atom. The monoisotopic (exact) mass is 578 g/mol. The van der Waals surface area contributed by atoms with Gasteiger partial charge in [0.15, 0.2) is 0 Å². The second-order valence-electron chi connectivity index (χ2n) is 9.04. The maximum absolute atomic E-state index is 13.8. The molecule has 4 heterocycles. The van der Waals surface area contributed by atoms with E-state index in [1.54, 1.807) is 54.9 Å². The summed E-state index contributed by atoms with van der Waals surface area (Å²) < 4.78 is 1.35. The normalized spacial score (nSPS) is 20.0. The highest BCUT2D eigenvalue weighted by atomic mass is 35.5. The Morgan fingerprint density at radius 3 is 2.46 bits per heavy atom. The lowest BCUT2D eigenvalue weighted by Crippen LogP contribution is -2.33. The van der Waals surface area contributed by atoms with E-state index in [4.69, 9.17) is 11.6 Å². The number of phenols is 1. The minimum atomic E-state index is -0.800. The first kappa shape index (κ1) is 25.4. The summed E-state index contributed by atoms with van der Waals surface area (Å²) in [6, 6.07) is 16.0. The molecule has 0 radical (unpaired) electrons. The average molecular weight is 579 g/mol. The quantitative estimate of drug-likeness (QED) is 0.270. The molecular formula is C27H19ClN4O5S2. The Balaban J connectivity index is 1.39. The van der Waals surface area contributed by atoms with Crippen molar-refractivity contribution in [3.05, 3.63) is 98.2 Å². The van der Waals surface area contributed by atoms with Gasteiger partial charge in [-0.05, 0) is 60.2 Å². The zero-order chi connectivity index (χ0) is 27.3. The van der Waals surface area contributed by atoms with Crippen LogP contribution in [-0.2, 0) is 20.9 Å². The molecule has 3 amide bonds. The number of benzene rings is 2. The van der Waals surface area contributed by atoms with Crippen LogP contribution in [0.2, 0.25) is 5.02 Å². The lowest BCUT2D eigenvalue weighted by molar-refractivity contribution is -0.122. The van der Waals surface area contributed by atoms with Crippen molar-refractivity contribution >= 4 is 63.8 Å². The Labute approximate surface area is 235 Å². The number of hydrogen-bond donors (Lipinski definition) is 2. The first-order valence-electron chi connectivity index (χ1n) is 11.8. The molecule has 2 N–H and O–H groups in total. The summed E-state index contributed by atoms with van der Waals surface area (Å²) in [4.78, 5) is 59.2. The maximum Gasteiger partial charge on any atom is 0.308 e. The Hall–Kier alpha value is -3.93. The Morgan fingerprint density at radius 2 is 1.77 bits per heavy atom. The van der Waals surface area contributed by atoms with Gasteiger partial charge in [0, 0.05) is 33.9 Å². The fourth-order valence-corrected chi connectivity index (χ4v) is 7.81. The molecule has 2 aromatic carbocycles. The molecule has 0 spiro atoms. The molecule has 39 heavy (non-hydrogen) atoms. The molecule has 196 valence electrons. The number of phenolic OH excluding ortho intramolecular Hbond substituents is 1. The van der Waals surface area contributed by atoms with Crippen molar-refractivity contribution < 1.29 is 19.5 Å². The van der Waals surface area contributed by atoms with E-state index in [0.717, 1.165) is 23.1 Å². The van der Waals surface area contributed by atoms with E-state index in [0.29, 0.717) is 31.9 Å². The summed E-state index contributed by atoms with van der Waals surface area (Å²) in [7, 11) is 0. The molecule has 0 bridgehead atoms. The van der Waals surface area contributed by atoms with Crippen LogP contribution in [0.1, 0.15) is 16.4 Å². The van der Waals surface area contributed by atoms with Crippen LogP contribution in [0.15, 0.2) is 82.9 Å². The van der Waals surface area contributed by atoms with Crippen molar-refractivity contribution in [3.8, 4) is 5.75 Å². The van der Waals surface area contributed by atoms with Crippen LogP contribution in [0.5, 0.6) is 5.75 Å². The third kappa shape index (κ3) is 4.52. The first-order valence-corrected chi connectivity index (χ1v) is 13.9. The highest BCUT2D eigenvalue weighted by Crippen LogP contribution is 2.53. The van der Waals surface area contributed by atoms with Gasteiger partial charge in [0.05, 0.1) is 16.6 Å². The first-order chi connectivity index (χ1) is 18.8. The molecule has 3 atom stereocenters. The number of hydrogen-bond acceptors (Lipinski definition) is 8. The van der Waals surface area contributed by atoms with Gasteiger partial charge in [-0.1, -0.05) is 40.8 Å². The van der Waals surface area contributed by atoms with Crippen LogP contribution in [0.3, 0.4) is 0 Å². The zero-order valence-electron chi connectivity index (χ0n) is 20.0. The fourth-order valence-electron chi connectivity index (χ4n) is 4.91. The van der Waals surface area contributed by atoms with Gasteiger partial charge in [-0.25, -0.2) is 4.90 Å². The molecule has 9 nitrogen and oxygen atoms in total. The second-order valence-corrected chi connectivity index (χ2v) is 11.6. The van der Waals surface area contributed by atoms with E-state index >= 15 is 0 Å². The number of nitrogens with one attached hydrogen (secondary N) is 1. The average Bonchev–Trinajstić information content (AvgIpc) is 3.37. The summed E-state index contributed by atoms with van der Waals surface area (Å²) in [6.45, 7) is -0.279. The standard InChI is InChI=1S/C27H19ClN4O5S2/c28-15-3-7-17(8-4-15)32-24(35)21-20(14-2-1-11-29-12-14)23-26(38-22(21)25(32)36)31(27(37)39-23)13-19(34)30-16-5-9-18(33)10-6-16/h1-12,20-22,33H,13H2,(H,30,34)/t20-,21?,22?/m1/s1. The van der Waals surface area contributed by atoms with Gasteiger partial charge in [0.25, 0.3) is 0 Å². The molecule has 12 heteroatoms. The number of thiazole rings is 1. The molecule has 4 aromatic rings. The van der Waals surface area contributed by atoms with Crippen molar-refractivity contribution in [2.45, 2.75) is 22.7 Å². The van der Waals surface area contributed by atoms with Crippen LogP contribution < -0.4 is 15.1 Å². The molecular weight excluding hydrogens is 560 g/mol. The smallest absolute Gasteiger partial charge is 0.308 e. The summed E-state index contributed by atoms with van der Waals surface area (Å²) >= 11 is 8.13. The van der Waals surface area contributed by atoms with E-state index in [9.17, 15) is 24.3 Å². The van der Waals surface area contributed by atoms with Crippen molar-refractivity contribution in [3.63, 3.8) is 0 Å². The Bertz CT molecular complexity index is 1650. The number of thioether (sulfide) groups is 1. The van der Waals surface area contributed by atoms with Gasteiger partial charge in [-0.15, -0.1) is 0 Å². The molecule has 2 unspecified atom stereocenters. The van der Waals surface area contributed by atoms with Gasteiger partial charge in [-0.2, -0.15) is 0 Å². The van der Waals surface area contributed by atoms with Crippen molar-refractivity contribution in [2.24, 2.45) is 5.92 Å². The third-order valence-corrected chi connectivity index (χ3v) is 9.49. The summed E-state index contributed by atoms with van der Waals surface area (Å²) in [6.07, 6.45) is 3.25. The summed E-state index contributed by atoms with van der Waals surface area (Å²) in [5.74, 6) is -2.49. The largest absolute Gasteiger partial charge is 0.508 e. The number of aromatic nitrogens is 2. The minimum Gasteiger partial charge on any atom is -0.508 e. The Kier molecular flexibility index (Phi) is 6.49. The molecule has 2 aliphatic rings. The number of aromatic hydroxyl groups is 1. The fraction of sp³-hybridized carbons (Fsp3) is 0.148. The van der Waals surface area contributed by atoms with Crippen molar-refractivity contribution in [2.75, 3.05) is 10.2 Å². The van der Waals surface area contributed by atoms with Gasteiger partial charge in [0.1, 0.15) is 17.5 Å². The molecule has 0 saturated carbocycles. The zero-order valence-corrected chi connectivity index (χ0v) is 22.4. The molecule has 0 aliphatic carbocycles. The third-order valence-electron chi connectivity index (χ3n) is 6.63. The molecule has 1 fully saturated rings. The van der Waals surface area contributed by atoms with Crippen LogP contribution >= 0.6 is 34.7 Å². The number of rotatable bonds is 5. The van der Waals surface area contributed by atoms with Crippen molar-refractivity contribution in [1.29, 1.82) is 0 Å². The number of anilines is 2. The van der Waals surface area contributed by atoms with Gasteiger partial charge >= 0.3 is 4.87 Å². The number of pyridine rings is 1. The van der Waals surface area contributed by atoms with Gasteiger partial charge < -0.3 is 10.4 Å². The lowest BCUT2D eigenvalue weighted by atomic mass is 9.84. The predicted octanol–water partition coefficient (Wildman–Crippen LogP) is 4.10. The number of carbonyl (C=O) groups is 3. The maximum atomic E-state index is 13.8. The SMILES string of the molecule is O=C(Cn1c2c(sc1=O)[C@H](c1cccnc1)C1C(=O)N(c3ccc(Cl)cc3)C(=O)C1S2)Nc1ccc(O)cc1. The molecule has 1 saturated heterocycles. The number of halogens is 1. The van der Waals surface area contributed by atoms with E-state index in [1.807, 2.05) is 6.07 Å². The number of carbonyl (C=O) groups excluding carboxylic acids is 3. The number of nitrogens with zero attached hydrogens (tertiary/aromatic N) is 3. The van der Waals surface area contributed by atoms with E-state index in [2.05, 4.69) is 10.3 Å². The minimum absolute atomic E-state index is 0.0620. The highest BCUT2D eigenvalue weighted by molar-refractivity contribution is 8.00. The van der Waals surface area contributed by atoms with Crippen LogP contribution in [0.25, 0.3) is 0 Å². The van der Waals surface area contributed by atoms with Crippen LogP contribution in [0, 0.1) is 5.92 Å². The topological polar surface area (TPSA) is 122 Å².